The van der Waals surface area contributed by atoms with Crippen molar-refractivity contribution in [3.8, 4) is 0 Å². The van der Waals surface area contributed by atoms with Gasteiger partial charge in [-0.15, -0.1) is 0 Å². The number of rotatable bonds is 10. The van der Waals surface area contributed by atoms with Crippen LogP contribution in [0, 0.1) is 11.7 Å². The van der Waals surface area contributed by atoms with E-state index in [4.69, 9.17) is 0 Å². The molecular weight excluding hydrogens is 453 g/mol. The van der Waals surface area contributed by atoms with E-state index in [0.717, 1.165) is 37.9 Å². The fourth-order valence-corrected chi connectivity index (χ4v) is 6.67. The van der Waals surface area contributed by atoms with Gasteiger partial charge in [0, 0.05) is 23.5 Å². The molecule has 1 saturated heterocycles. The monoisotopic (exact) mass is 489 g/mol. The van der Waals surface area contributed by atoms with E-state index in [2.05, 4.69) is 29.4 Å². The van der Waals surface area contributed by atoms with E-state index in [1.165, 1.54) is 30.5 Å². The van der Waals surface area contributed by atoms with Gasteiger partial charge in [0.15, 0.2) is 9.84 Å². The topological polar surface area (TPSA) is 78.5 Å². The lowest BCUT2D eigenvalue weighted by Crippen LogP contribution is -2.52. The standard InChI is InChI=1S/C26H36FN3O3S/c1-4-16-30(26(34(3,32)33)22-12-14-28-15-13-22)19(2)17-20-6-5-7-24(18-20)29-25(31)21-8-10-23(27)11-9-21/h5-11,18-19,22,26,28H,4,12-17H2,1-3H3,(H,29,31). The molecule has 1 heterocycles. The first-order valence-corrected chi connectivity index (χ1v) is 14.0. The molecule has 1 aliphatic heterocycles. The average molecular weight is 490 g/mol. The lowest BCUT2D eigenvalue weighted by molar-refractivity contribution is 0.102. The number of hydrogen-bond acceptors (Lipinski definition) is 5. The number of amides is 1. The van der Waals surface area contributed by atoms with Crippen molar-refractivity contribution in [2.75, 3.05) is 31.2 Å². The van der Waals surface area contributed by atoms with Crippen LogP contribution in [0.15, 0.2) is 48.5 Å². The number of anilines is 1. The van der Waals surface area contributed by atoms with Gasteiger partial charge in [-0.25, -0.2) is 12.8 Å². The fourth-order valence-electron chi connectivity index (χ4n) is 4.89. The summed E-state index contributed by atoms with van der Waals surface area (Å²) in [5.41, 5.74) is 2.05. The molecule has 8 heteroatoms. The van der Waals surface area contributed by atoms with Crippen molar-refractivity contribution in [2.45, 2.75) is 50.9 Å². The molecule has 1 aliphatic rings. The summed E-state index contributed by atoms with van der Waals surface area (Å²) in [6.45, 7) is 6.57. The predicted molar refractivity (Wildman–Crippen MR) is 135 cm³/mol. The molecule has 0 saturated carbocycles. The first kappa shape index (κ1) is 26.3. The highest BCUT2D eigenvalue weighted by molar-refractivity contribution is 7.91. The smallest absolute Gasteiger partial charge is 0.255 e. The molecule has 1 amide bonds. The SMILES string of the molecule is CCCN(C(C)Cc1cccc(NC(=O)c2ccc(F)cc2)c1)C(C1CCNCC1)S(C)(=O)=O. The van der Waals surface area contributed by atoms with Crippen LogP contribution in [0.2, 0.25) is 0 Å². The summed E-state index contributed by atoms with van der Waals surface area (Å²) in [6.07, 6.45) is 4.61. The van der Waals surface area contributed by atoms with Crippen LogP contribution >= 0.6 is 0 Å². The van der Waals surface area contributed by atoms with Crippen LogP contribution in [0.1, 0.15) is 49.0 Å². The summed E-state index contributed by atoms with van der Waals surface area (Å²) in [5.74, 6) is -0.575. The van der Waals surface area contributed by atoms with E-state index in [1.54, 1.807) is 0 Å². The zero-order valence-corrected chi connectivity index (χ0v) is 21.1. The minimum atomic E-state index is -3.27. The first-order chi connectivity index (χ1) is 16.2. The van der Waals surface area contributed by atoms with Gasteiger partial charge in [0.2, 0.25) is 0 Å². The second kappa shape index (κ2) is 11.9. The van der Waals surface area contributed by atoms with Gasteiger partial charge in [-0.3, -0.25) is 9.69 Å². The minimum Gasteiger partial charge on any atom is -0.322 e. The summed E-state index contributed by atoms with van der Waals surface area (Å²) in [5, 5.41) is 5.70. The molecule has 2 unspecified atom stereocenters. The largest absolute Gasteiger partial charge is 0.322 e. The zero-order valence-electron chi connectivity index (χ0n) is 20.3. The Morgan fingerprint density at radius 3 is 2.47 bits per heavy atom. The Kier molecular flexibility index (Phi) is 9.22. The second-order valence-corrected chi connectivity index (χ2v) is 11.4. The molecule has 2 aromatic rings. The number of carbonyl (C=O) groups excluding carboxylic acids is 1. The highest BCUT2D eigenvalue weighted by Gasteiger charge is 2.37. The Labute approximate surface area is 202 Å². The third-order valence-electron chi connectivity index (χ3n) is 6.42. The molecule has 186 valence electrons. The summed E-state index contributed by atoms with van der Waals surface area (Å²) in [4.78, 5) is 14.7. The normalized spacial score (nSPS) is 16.9. The number of carbonyl (C=O) groups is 1. The van der Waals surface area contributed by atoms with Crippen molar-refractivity contribution in [1.82, 2.24) is 10.2 Å². The molecule has 0 aliphatic carbocycles. The van der Waals surface area contributed by atoms with Crippen molar-refractivity contribution in [1.29, 1.82) is 0 Å². The van der Waals surface area contributed by atoms with E-state index >= 15 is 0 Å². The quantitative estimate of drug-likeness (QED) is 0.526. The molecule has 0 aromatic heterocycles. The number of nitrogens with one attached hydrogen (secondary N) is 2. The van der Waals surface area contributed by atoms with Gasteiger partial charge in [0.1, 0.15) is 11.2 Å². The van der Waals surface area contributed by atoms with Gasteiger partial charge in [-0.05, 0) is 100 Å². The molecule has 6 nitrogen and oxygen atoms in total. The Bertz CT molecular complexity index is 1050. The lowest BCUT2D eigenvalue weighted by Gasteiger charge is -2.41. The van der Waals surface area contributed by atoms with Gasteiger partial charge in [-0.2, -0.15) is 0 Å². The number of sulfone groups is 1. The number of nitrogens with zero attached hydrogens (tertiary/aromatic N) is 1. The van der Waals surface area contributed by atoms with E-state index < -0.39 is 15.2 Å². The number of halogens is 1. The first-order valence-electron chi connectivity index (χ1n) is 12.0. The van der Waals surface area contributed by atoms with Crippen molar-refractivity contribution in [2.24, 2.45) is 5.92 Å². The number of benzene rings is 2. The summed E-state index contributed by atoms with van der Waals surface area (Å²) in [6, 6.07) is 13.0. The molecule has 2 aromatic carbocycles. The van der Waals surface area contributed by atoms with Crippen LogP contribution in [0.4, 0.5) is 10.1 Å². The lowest BCUT2D eigenvalue weighted by atomic mass is 9.95. The van der Waals surface area contributed by atoms with Crippen molar-refractivity contribution >= 4 is 21.4 Å². The molecule has 0 spiro atoms. The summed E-state index contributed by atoms with van der Waals surface area (Å²) >= 11 is 0. The number of hydrogen-bond donors (Lipinski definition) is 2. The molecule has 2 N–H and O–H groups in total. The van der Waals surface area contributed by atoms with Gasteiger partial charge in [0.05, 0.1) is 0 Å². The summed E-state index contributed by atoms with van der Waals surface area (Å²) in [7, 11) is -3.27. The fraction of sp³-hybridized carbons (Fsp3) is 0.500. The molecule has 0 bridgehead atoms. The molecule has 2 atom stereocenters. The summed E-state index contributed by atoms with van der Waals surface area (Å²) < 4.78 is 38.9. The maximum Gasteiger partial charge on any atom is 0.255 e. The van der Waals surface area contributed by atoms with Gasteiger partial charge < -0.3 is 10.6 Å². The van der Waals surface area contributed by atoms with Crippen LogP contribution in [0.25, 0.3) is 0 Å². The van der Waals surface area contributed by atoms with Crippen molar-refractivity contribution in [3.63, 3.8) is 0 Å². The van der Waals surface area contributed by atoms with Crippen molar-refractivity contribution < 1.29 is 17.6 Å². The van der Waals surface area contributed by atoms with E-state index in [9.17, 15) is 17.6 Å². The van der Waals surface area contributed by atoms with E-state index in [1.807, 2.05) is 24.3 Å². The highest BCUT2D eigenvalue weighted by Crippen LogP contribution is 2.28. The zero-order chi connectivity index (χ0) is 24.7. The Balaban J connectivity index is 1.75. The van der Waals surface area contributed by atoms with Crippen LogP contribution in [0.5, 0.6) is 0 Å². The average Bonchev–Trinajstić information content (AvgIpc) is 2.79. The predicted octanol–water partition coefficient (Wildman–Crippen LogP) is 4.09. The molecule has 0 radical (unpaired) electrons. The van der Waals surface area contributed by atoms with Crippen LogP contribution in [-0.4, -0.2) is 56.5 Å². The van der Waals surface area contributed by atoms with E-state index in [0.29, 0.717) is 24.2 Å². The van der Waals surface area contributed by atoms with Gasteiger partial charge in [0.25, 0.3) is 5.91 Å². The Morgan fingerprint density at radius 1 is 1.18 bits per heavy atom. The molecular formula is C26H36FN3O3S. The Hall–Kier alpha value is -2.29. The maximum atomic E-state index is 13.1. The maximum absolute atomic E-state index is 13.1. The third-order valence-corrected chi connectivity index (χ3v) is 7.96. The van der Waals surface area contributed by atoms with Gasteiger partial charge in [-0.1, -0.05) is 19.1 Å². The van der Waals surface area contributed by atoms with E-state index in [-0.39, 0.29) is 23.7 Å². The van der Waals surface area contributed by atoms with Crippen LogP contribution < -0.4 is 10.6 Å². The van der Waals surface area contributed by atoms with Gasteiger partial charge >= 0.3 is 0 Å². The number of piperidine rings is 1. The molecule has 1 fully saturated rings. The Morgan fingerprint density at radius 2 is 1.85 bits per heavy atom. The minimum absolute atomic E-state index is 0.0117. The van der Waals surface area contributed by atoms with Crippen LogP contribution in [-0.2, 0) is 16.3 Å². The second-order valence-electron chi connectivity index (χ2n) is 9.26. The third kappa shape index (κ3) is 7.10. The highest BCUT2D eigenvalue weighted by atomic mass is 32.2. The molecule has 34 heavy (non-hydrogen) atoms. The van der Waals surface area contributed by atoms with Crippen LogP contribution in [0.3, 0.4) is 0 Å². The van der Waals surface area contributed by atoms with Crippen molar-refractivity contribution in [3.05, 3.63) is 65.5 Å². The molecule has 3 rings (SSSR count).